The molecule has 0 saturated carbocycles. The van der Waals surface area contributed by atoms with Crippen LogP contribution >= 0.6 is 0 Å². The number of methoxy groups -OCH3 is 1. The van der Waals surface area contributed by atoms with Crippen LogP contribution in [0, 0.1) is 5.82 Å². The van der Waals surface area contributed by atoms with E-state index in [0.717, 1.165) is 6.08 Å². The molecule has 0 saturated heterocycles. The third kappa shape index (κ3) is 3.72. The number of aromatic amines is 1. The Bertz CT molecular complexity index is 1000. The van der Waals surface area contributed by atoms with Crippen LogP contribution in [0.2, 0.25) is 0 Å². The highest BCUT2D eigenvalue weighted by molar-refractivity contribution is 6.08. The fourth-order valence-corrected chi connectivity index (χ4v) is 2.16. The summed E-state index contributed by atoms with van der Waals surface area (Å²) in [4.78, 5) is 12.0. The van der Waals surface area contributed by atoms with Crippen molar-refractivity contribution in [2.45, 2.75) is 0 Å². The molecule has 3 rings (SSSR count). The van der Waals surface area contributed by atoms with Crippen molar-refractivity contribution in [2.24, 2.45) is 0 Å². The normalized spacial score (nSPS) is 13.1. The molecule has 0 unspecified atom stereocenters. The number of rotatable bonds is 5. The minimum absolute atomic E-state index is 0.193. The first-order chi connectivity index (χ1) is 12.1. The van der Waals surface area contributed by atoms with Crippen molar-refractivity contribution in [3.05, 3.63) is 76.9 Å². The maximum atomic E-state index is 14.1. The number of H-pyrrole nitrogens is 1. The van der Waals surface area contributed by atoms with Gasteiger partial charge in [-0.25, -0.2) is 4.39 Å². The zero-order valence-electron chi connectivity index (χ0n) is 13.1. The molecular weight excluding hydrogens is 326 g/mol. The summed E-state index contributed by atoms with van der Waals surface area (Å²) in [5.41, 5.74) is 6.05. The van der Waals surface area contributed by atoms with Gasteiger partial charge in [-0.05, 0) is 48.2 Å². The molecule has 0 amide bonds. The predicted molar refractivity (Wildman–Crippen MR) is 88.9 cm³/mol. The number of carbonyl (C=O) groups excluding carboxylic acids is 1. The van der Waals surface area contributed by atoms with E-state index in [0.29, 0.717) is 22.7 Å². The van der Waals surface area contributed by atoms with E-state index < -0.39 is 11.6 Å². The number of ketones is 1. The Kier molecular flexibility index (Phi) is 4.57. The summed E-state index contributed by atoms with van der Waals surface area (Å²) >= 11 is 0. The molecular formula is C19H12F2N2O2. The Balaban J connectivity index is 1.79. The molecule has 1 aliphatic carbocycles. The number of hydrogen-bond acceptors (Lipinski definition) is 3. The Hall–Kier alpha value is -3.46. The van der Waals surface area contributed by atoms with Gasteiger partial charge in [0.2, 0.25) is 0 Å². The van der Waals surface area contributed by atoms with Crippen molar-refractivity contribution >= 4 is 11.9 Å². The van der Waals surface area contributed by atoms with Crippen LogP contribution in [0.3, 0.4) is 0 Å². The van der Waals surface area contributed by atoms with Gasteiger partial charge < -0.3 is 4.74 Å². The third-order valence-electron chi connectivity index (χ3n) is 3.44. The fraction of sp³-hybridized carbons (Fsp3) is 0.0526. The van der Waals surface area contributed by atoms with Gasteiger partial charge in [-0.3, -0.25) is 9.89 Å². The molecule has 1 heterocycles. The largest absolute Gasteiger partial charge is 0.497 e. The van der Waals surface area contributed by atoms with E-state index in [2.05, 4.69) is 21.7 Å². The molecule has 1 aliphatic rings. The maximum Gasteiger partial charge on any atom is 0.194 e. The van der Waals surface area contributed by atoms with Crippen molar-refractivity contribution in [1.29, 1.82) is 0 Å². The Morgan fingerprint density at radius 2 is 2.08 bits per heavy atom. The SMILES string of the molecule is COc1ccc(-c2cc(/C=C/C(=O)C3=C=C=C(F)C=C3)[nH]n2)c(F)c1. The molecule has 6 heteroatoms. The minimum atomic E-state index is -0.583. The molecule has 1 aromatic carbocycles. The first kappa shape index (κ1) is 16.4. The average Bonchev–Trinajstić information content (AvgIpc) is 3.08. The van der Waals surface area contributed by atoms with Gasteiger partial charge in [-0.15, -0.1) is 0 Å². The van der Waals surface area contributed by atoms with Gasteiger partial charge in [0.25, 0.3) is 0 Å². The standard InChI is InChI=1S/C19H12F2N2O2/c1-25-15-7-8-16(17(21)11-15)18-10-14(22-23-18)6-9-19(24)12-2-4-13(20)5-3-12/h2,4,6-11H,1H3,(H,22,23)/b9-6+. The summed E-state index contributed by atoms with van der Waals surface area (Å²) in [6.07, 6.45) is 5.25. The Labute approximate surface area is 142 Å². The van der Waals surface area contributed by atoms with E-state index in [9.17, 15) is 13.6 Å². The highest BCUT2D eigenvalue weighted by atomic mass is 19.1. The van der Waals surface area contributed by atoms with Gasteiger partial charge in [0.15, 0.2) is 11.6 Å². The van der Waals surface area contributed by atoms with E-state index in [1.807, 2.05) is 0 Å². The topological polar surface area (TPSA) is 55.0 Å². The highest BCUT2D eigenvalue weighted by Gasteiger charge is 2.10. The van der Waals surface area contributed by atoms with Crippen LogP contribution in [-0.2, 0) is 4.79 Å². The van der Waals surface area contributed by atoms with Crippen LogP contribution in [0.4, 0.5) is 8.78 Å². The van der Waals surface area contributed by atoms with Gasteiger partial charge in [-0.1, -0.05) is 5.73 Å². The maximum absolute atomic E-state index is 14.1. The fourth-order valence-electron chi connectivity index (χ4n) is 2.16. The summed E-state index contributed by atoms with van der Waals surface area (Å²) in [6.45, 7) is 0. The van der Waals surface area contributed by atoms with Crippen LogP contribution in [-0.4, -0.2) is 23.1 Å². The second-order valence-electron chi connectivity index (χ2n) is 5.10. The highest BCUT2D eigenvalue weighted by Crippen LogP contribution is 2.25. The molecule has 1 N–H and O–H groups in total. The number of nitrogens with one attached hydrogen (secondary N) is 1. The predicted octanol–water partition coefficient (Wildman–Crippen LogP) is 3.91. The van der Waals surface area contributed by atoms with E-state index in [-0.39, 0.29) is 11.4 Å². The number of nitrogens with zero attached hydrogens (tertiary/aromatic N) is 1. The lowest BCUT2D eigenvalue weighted by atomic mass is 10.1. The zero-order valence-corrected chi connectivity index (χ0v) is 13.1. The molecule has 0 spiro atoms. The molecule has 1 aromatic heterocycles. The molecule has 4 nitrogen and oxygen atoms in total. The monoisotopic (exact) mass is 338 g/mol. The first-order valence-electron chi connectivity index (χ1n) is 7.28. The lowest BCUT2D eigenvalue weighted by molar-refractivity contribution is -0.111. The van der Waals surface area contributed by atoms with Crippen LogP contribution < -0.4 is 4.74 Å². The Morgan fingerprint density at radius 1 is 1.24 bits per heavy atom. The van der Waals surface area contributed by atoms with E-state index >= 15 is 0 Å². The minimum Gasteiger partial charge on any atom is -0.497 e. The molecule has 124 valence electrons. The molecule has 0 aliphatic heterocycles. The number of aromatic nitrogens is 2. The number of benzene rings is 1. The zero-order chi connectivity index (χ0) is 17.8. The van der Waals surface area contributed by atoms with Gasteiger partial charge in [0, 0.05) is 11.6 Å². The van der Waals surface area contributed by atoms with Crippen LogP contribution in [0.5, 0.6) is 5.75 Å². The Morgan fingerprint density at radius 3 is 2.76 bits per heavy atom. The van der Waals surface area contributed by atoms with E-state index in [4.69, 9.17) is 4.74 Å². The van der Waals surface area contributed by atoms with Crippen molar-refractivity contribution < 1.29 is 18.3 Å². The van der Waals surface area contributed by atoms with Crippen molar-refractivity contribution in [2.75, 3.05) is 7.11 Å². The first-order valence-corrected chi connectivity index (χ1v) is 7.28. The molecule has 0 bridgehead atoms. The second-order valence-corrected chi connectivity index (χ2v) is 5.10. The van der Waals surface area contributed by atoms with Gasteiger partial charge in [0.05, 0.1) is 24.1 Å². The lowest BCUT2D eigenvalue weighted by Crippen LogP contribution is -1.95. The number of halogens is 2. The van der Waals surface area contributed by atoms with Crippen molar-refractivity contribution in [3.8, 4) is 17.0 Å². The number of carbonyl (C=O) groups is 1. The molecule has 0 fully saturated rings. The van der Waals surface area contributed by atoms with Crippen LogP contribution in [0.25, 0.3) is 17.3 Å². The molecule has 25 heavy (non-hydrogen) atoms. The van der Waals surface area contributed by atoms with Gasteiger partial charge in [-0.2, -0.15) is 9.49 Å². The number of hydrogen-bond donors (Lipinski definition) is 1. The van der Waals surface area contributed by atoms with Gasteiger partial charge >= 0.3 is 0 Å². The van der Waals surface area contributed by atoms with Crippen molar-refractivity contribution in [1.82, 2.24) is 10.2 Å². The third-order valence-corrected chi connectivity index (χ3v) is 3.44. The van der Waals surface area contributed by atoms with E-state index in [1.165, 1.54) is 31.4 Å². The summed E-state index contributed by atoms with van der Waals surface area (Å²) in [5.74, 6) is -0.993. The van der Waals surface area contributed by atoms with Crippen LogP contribution in [0.15, 0.2) is 65.4 Å². The quantitative estimate of drug-likeness (QED) is 0.664. The smallest absolute Gasteiger partial charge is 0.194 e. The number of ether oxygens (including phenoxy) is 1. The number of allylic oxidation sites excluding steroid dienone is 5. The van der Waals surface area contributed by atoms with E-state index in [1.54, 1.807) is 18.2 Å². The summed E-state index contributed by atoms with van der Waals surface area (Å²) in [6, 6.07) is 6.07. The molecule has 0 radical (unpaired) electrons. The summed E-state index contributed by atoms with van der Waals surface area (Å²) < 4.78 is 31.8. The molecule has 2 aromatic rings. The van der Waals surface area contributed by atoms with Gasteiger partial charge in [0.1, 0.15) is 11.6 Å². The summed E-state index contributed by atoms with van der Waals surface area (Å²) in [7, 11) is 1.46. The average molecular weight is 338 g/mol. The van der Waals surface area contributed by atoms with Crippen molar-refractivity contribution in [3.63, 3.8) is 0 Å². The summed E-state index contributed by atoms with van der Waals surface area (Å²) in [5, 5.41) is 6.74. The lowest BCUT2D eigenvalue weighted by Gasteiger charge is -2.02. The second kappa shape index (κ2) is 6.97. The molecule has 0 atom stereocenters. The van der Waals surface area contributed by atoms with Crippen LogP contribution in [0.1, 0.15) is 5.69 Å².